The van der Waals surface area contributed by atoms with Crippen LogP contribution in [0.3, 0.4) is 0 Å². The van der Waals surface area contributed by atoms with Crippen LogP contribution in [-0.2, 0) is 12.0 Å². The van der Waals surface area contributed by atoms with Gasteiger partial charge in [-0.3, -0.25) is 0 Å². The maximum Gasteiger partial charge on any atom is 0.119 e. The van der Waals surface area contributed by atoms with Crippen molar-refractivity contribution in [1.29, 1.82) is 0 Å². The summed E-state index contributed by atoms with van der Waals surface area (Å²) in [7, 11) is 0. The van der Waals surface area contributed by atoms with E-state index in [-0.39, 0.29) is 11.5 Å². The molecular weight excluding hydrogens is 340 g/mol. The number of hydrogen-bond acceptors (Lipinski definition) is 2. The van der Waals surface area contributed by atoms with Crippen molar-refractivity contribution in [2.75, 3.05) is 0 Å². The van der Waals surface area contributed by atoms with E-state index in [1.54, 1.807) is 0 Å². The quantitative estimate of drug-likeness (QED) is 0.557. The largest absolute Gasteiger partial charge is 0.346 e. The molecule has 2 atom stereocenters. The Morgan fingerprint density at radius 3 is 2.38 bits per heavy atom. The van der Waals surface area contributed by atoms with Crippen molar-refractivity contribution >= 4 is 23.1 Å². The van der Waals surface area contributed by atoms with Gasteiger partial charge in [0.1, 0.15) is 5.84 Å². The van der Waals surface area contributed by atoms with E-state index in [2.05, 4.69) is 78.6 Å². The molecule has 3 aromatic rings. The number of amidine groups is 1. The Balaban J connectivity index is 1.68. The zero-order chi connectivity index (χ0) is 17.7. The second-order valence-corrected chi connectivity index (χ2v) is 7.65. The standard InChI is InChI=1S/C23H19ClN2/c1-23(18-8-3-2-4-9-18)21(16-11-13-19(24)14-12-16)26-15-17-7-5-6-10-20(17)25-22(23)26/h2-14,21H,15H2,1H3/t21-,23+/m0/s1. The molecule has 26 heavy (non-hydrogen) atoms. The number of halogens is 1. The molecule has 0 unspecified atom stereocenters. The summed E-state index contributed by atoms with van der Waals surface area (Å²) in [6, 6.07) is 27.6. The maximum absolute atomic E-state index is 6.13. The van der Waals surface area contributed by atoms with Crippen LogP contribution in [0.5, 0.6) is 0 Å². The van der Waals surface area contributed by atoms with Gasteiger partial charge in [-0.2, -0.15) is 0 Å². The summed E-state index contributed by atoms with van der Waals surface area (Å²) in [4.78, 5) is 7.48. The van der Waals surface area contributed by atoms with Crippen LogP contribution >= 0.6 is 11.6 Å². The van der Waals surface area contributed by atoms with Gasteiger partial charge in [0.05, 0.1) is 17.1 Å². The first-order valence-corrected chi connectivity index (χ1v) is 9.30. The second kappa shape index (κ2) is 5.72. The smallest absolute Gasteiger partial charge is 0.119 e. The van der Waals surface area contributed by atoms with Crippen LogP contribution in [0, 0.1) is 0 Å². The minimum absolute atomic E-state index is 0.150. The first-order chi connectivity index (χ1) is 12.7. The van der Waals surface area contributed by atoms with Crippen molar-refractivity contribution in [3.05, 3.63) is 101 Å². The van der Waals surface area contributed by atoms with Crippen LogP contribution in [0.4, 0.5) is 5.69 Å². The first kappa shape index (κ1) is 15.7. The topological polar surface area (TPSA) is 15.6 Å². The Morgan fingerprint density at radius 1 is 0.923 bits per heavy atom. The lowest BCUT2D eigenvalue weighted by Gasteiger charge is -2.59. The highest BCUT2D eigenvalue weighted by Gasteiger charge is 2.57. The molecule has 0 N–H and O–H groups in total. The summed E-state index contributed by atoms with van der Waals surface area (Å²) in [6.07, 6.45) is 0. The molecule has 0 aromatic heterocycles. The predicted octanol–water partition coefficient (Wildman–Crippen LogP) is 5.90. The molecule has 2 nitrogen and oxygen atoms in total. The number of aliphatic imine (C=N–C) groups is 1. The molecule has 3 aromatic carbocycles. The van der Waals surface area contributed by atoms with E-state index in [4.69, 9.17) is 16.6 Å². The van der Waals surface area contributed by atoms with Gasteiger partial charge >= 0.3 is 0 Å². The van der Waals surface area contributed by atoms with E-state index in [0.29, 0.717) is 0 Å². The summed E-state index contributed by atoms with van der Waals surface area (Å²) < 4.78 is 0. The summed E-state index contributed by atoms with van der Waals surface area (Å²) in [5.74, 6) is 1.15. The molecule has 0 aliphatic carbocycles. The normalized spacial score (nSPS) is 23.5. The van der Waals surface area contributed by atoms with Gasteiger partial charge in [0.15, 0.2) is 0 Å². The molecule has 2 aliphatic rings. The molecule has 2 aliphatic heterocycles. The summed E-state index contributed by atoms with van der Waals surface area (Å²) in [5.41, 5.74) is 4.80. The lowest BCUT2D eigenvalue weighted by atomic mass is 9.64. The van der Waals surface area contributed by atoms with Crippen LogP contribution in [0.1, 0.15) is 29.7 Å². The molecule has 0 spiro atoms. The van der Waals surface area contributed by atoms with Gasteiger partial charge in [-0.25, -0.2) is 4.99 Å². The van der Waals surface area contributed by atoms with Gasteiger partial charge < -0.3 is 4.90 Å². The highest BCUT2D eigenvalue weighted by atomic mass is 35.5. The van der Waals surface area contributed by atoms with E-state index in [0.717, 1.165) is 23.1 Å². The third kappa shape index (κ3) is 2.15. The molecule has 0 saturated carbocycles. The number of nitrogens with zero attached hydrogens (tertiary/aromatic N) is 2. The molecule has 0 radical (unpaired) electrons. The van der Waals surface area contributed by atoms with Crippen molar-refractivity contribution in [1.82, 2.24) is 4.90 Å². The number of para-hydroxylation sites is 1. The number of rotatable bonds is 2. The highest BCUT2D eigenvalue weighted by Crippen LogP contribution is 2.55. The van der Waals surface area contributed by atoms with E-state index in [1.165, 1.54) is 16.7 Å². The summed E-state index contributed by atoms with van der Waals surface area (Å²) in [6.45, 7) is 3.20. The third-order valence-corrected chi connectivity index (χ3v) is 5.96. The zero-order valence-electron chi connectivity index (χ0n) is 14.6. The van der Waals surface area contributed by atoms with Crippen LogP contribution in [0.15, 0.2) is 83.9 Å². The molecular formula is C23H19ClN2. The number of benzene rings is 3. The fourth-order valence-electron chi connectivity index (χ4n) is 4.42. The Morgan fingerprint density at radius 2 is 1.62 bits per heavy atom. The lowest BCUT2D eigenvalue weighted by Crippen LogP contribution is -2.64. The summed E-state index contributed by atoms with van der Waals surface area (Å²) >= 11 is 6.13. The van der Waals surface area contributed by atoms with Crippen molar-refractivity contribution < 1.29 is 0 Å². The van der Waals surface area contributed by atoms with E-state index in [9.17, 15) is 0 Å². The molecule has 1 fully saturated rings. The molecule has 0 amide bonds. The van der Waals surface area contributed by atoms with Crippen LogP contribution in [0.25, 0.3) is 0 Å². The molecule has 5 rings (SSSR count). The summed E-state index contributed by atoms with van der Waals surface area (Å²) in [5, 5.41) is 0.771. The second-order valence-electron chi connectivity index (χ2n) is 7.21. The average molecular weight is 359 g/mol. The zero-order valence-corrected chi connectivity index (χ0v) is 15.3. The Kier molecular flexibility index (Phi) is 3.44. The van der Waals surface area contributed by atoms with E-state index < -0.39 is 0 Å². The highest BCUT2D eigenvalue weighted by molar-refractivity contribution is 6.30. The van der Waals surface area contributed by atoms with Crippen LogP contribution in [-0.4, -0.2) is 10.7 Å². The van der Waals surface area contributed by atoms with E-state index in [1.807, 2.05) is 12.1 Å². The third-order valence-electron chi connectivity index (χ3n) is 5.71. The first-order valence-electron chi connectivity index (χ1n) is 8.92. The maximum atomic E-state index is 6.13. The van der Waals surface area contributed by atoms with Gasteiger partial charge in [0.2, 0.25) is 0 Å². The minimum atomic E-state index is -0.150. The molecule has 3 heteroatoms. The SMILES string of the molecule is C[C@]1(c2ccccc2)C2=Nc3ccccc3CN2[C@H]1c1ccc(Cl)cc1. The van der Waals surface area contributed by atoms with Crippen molar-refractivity contribution in [2.45, 2.75) is 24.9 Å². The van der Waals surface area contributed by atoms with Gasteiger partial charge in [-0.15, -0.1) is 0 Å². The van der Waals surface area contributed by atoms with Crippen LogP contribution < -0.4 is 0 Å². The molecule has 0 bridgehead atoms. The molecule has 128 valence electrons. The Labute approximate surface area is 158 Å². The molecule has 2 heterocycles. The van der Waals surface area contributed by atoms with Crippen molar-refractivity contribution in [3.63, 3.8) is 0 Å². The Bertz CT molecular complexity index is 994. The van der Waals surface area contributed by atoms with Crippen molar-refractivity contribution in [2.24, 2.45) is 4.99 Å². The average Bonchev–Trinajstić information content (AvgIpc) is 2.69. The van der Waals surface area contributed by atoms with Gasteiger partial charge in [0.25, 0.3) is 0 Å². The van der Waals surface area contributed by atoms with E-state index >= 15 is 0 Å². The Hall–Kier alpha value is -2.58. The molecule has 1 saturated heterocycles. The number of fused-ring (bicyclic) bond motifs is 2. The van der Waals surface area contributed by atoms with Gasteiger partial charge in [0, 0.05) is 11.6 Å². The fraction of sp³-hybridized carbons (Fsp3) is 0.174. The lowest BCUT2D eigenvalue weighted by molar-refractivity contribution is 0.144. The monoisotopic (exact) mass is 358 g/mol. The minimum Gasteiger partial charge on any atom is -0.346 e. The van der Waals surface area contributed by atoms with Crippen molar-refractivity contribution in [3.8, 4) is 0 Å². The predicted molar refractivity (Wildman–Crippen MR) is 107 cm³/mol. The van der Waals surface area contributed by atoms with Gasteiger partial charge in [-0.05, 0) is 41.8 Å². The number of hydrogen-bond donors (Lipinski definition) is 0. The fourth-order valence-corrected chi connectivity index (χ4v) is 4.54. The van der Waals surface area contributed by atoms with Gasteiger partial charge in [-0.1, -0.05) is 72.3 Å². The van der Waals surface area contributed by atoms with Crippen LogP contribution in [0.2, 0.25) is 5.02 Å².